The van der Waals surface area contributed by atoms with E-state index in [1.165, 1.54) is 21.8 Å². The van der Waals surface area contributed by atoms with E-state index in [2.05, 4.69) is 60.5 Å². The molecule has 0 spiro atoms. The van der Waals surface area contributed by atoms with Gasteiger partial charge in [-0.3, -0.25) is 4.79 Å². The Morgan fingerprint density at radius 2 is 1.84 bits per heavy atom. The van der Waals surface area contributed by atoms with E-state index in [-0.39, 0.29) is 0 Å². The van der Waals surface area contributed by atoms with Gasteiger partial charge in [-0.15, -0.1) is 6.58 Å². The number of hydrogen-bond acceptors (Lipinski definition) is 2. The molecule has 0 amide bonds. The van der Waals surface area contributed by atoms with Crippen LogP contribution < -0.4 is 0 Å². The average Bonchev–Trinajstić information content (AvgIpc) is 2.92. The lowest BCUT2D eigenvalue weighted by molar-refractivity contribution is -0.134. The van der Waals surface area contributed by atoms with Crippen LogP contribution in [0.15, 0.2) is 55.1 Å². The SMILES string of the molecule is C=CCCC(=N)c1ccc2c(c1)c1ccccc1n2CC.CC(=O)O. The van der Waals surface area contributed by atoms with Crippen LogP contribution in [-0.2, 0) is 11.3 Å². The van der Waals surface area contributed by atoms with Crippen LogP contribution >= 0.6 is 0 Å². The standard InChI is InChI=1S/C19H20N2.C2H4O2/c1-3-5-9-17(20)14-11-12-19-16(13-14)15-8-6-7-10-18(15)21(19)4-2;1-2(3)4/h3,6-8,10-13,20H,1,4-5,9H2,2H3;1H3,(H,3,4). The monoisotopic (exact) mass is 336 g/mol. The number of carbonyl (C=O) groups is 1. The molecule has 0 bridgehead atoms. The van der Waals surface area contributed by atoms with Gasteiger partial charge in [0.2, 0.25) is 0 Å². The van der Waals surface area contributed by atoms with Gasteiger partial charge in [0.1, 0.15) is 0 Å². The molecule has 0 fully saturated rings. The molecule has 1 aromatic heterocycles. The molecular weight excluding hydrogens is 312 g/mol. The second-order valence-corrected chi connectivity index (χ2v) is 5.82. The lowest BCUT2D eigenvalue weighted by Crippen LogP contribution is -1.98. The van der Waals surface area contributed by atoms with Crippen molar-refractivity contribution in [3.05, 3.63) is 60.7 Å². The van der Waals surface area contributed by atoms with Gasteiger partial charge in [-0.2, -0.15) is 0 Å². The van der Waals surface area contributed by atoms with Crippen molar-refractivity contribution in [2.45, 2.75) is 33.2 Å². The molecule has 0 radical (unpaired) electrons. The molecule has 3 rings (SSSR count). The molecule has 1 heterocycles. The van der Waals surface area contributed by atoms with Crippen molar-refractivity contribution < 1.29 is 9.90 Å². The Balaban J connectivity index is 0.000000511. The summed E-state index contributed by atoms with van der Waals surface area (Å²) in [5.41, 5.74) is 4.22. The zero-order valence-electron chi connectivity index (χ0n) is 14.7. The van der Waals surface area contributed by atoms with Crippen molar-refractivity contribution in [3.8, 4) is 0 Å². The van der Waals surface area contributed by atoms with Gasteiger partial charge >= 0.3 is 0 Å². The number of nitrogens with one attached hydrogen (secondary N) is 1. The molecule has 3 aromatic rings. The van der Waals surface area contributed by atoms with Crippen LogP contribution in [0.2, 0.25) is 0 Å². The number of aliphatic carboxylic acids is 1. The predicted octanol–water partition coefficient (Wildman–Crippen LogP) is 5.24. The van der Waals surface area contributed by atoms with E-state index >= 15 is 0 Å². The number of rotatable bonds is 5. The molecule has 2 N–H and O–H groups in total. The summed E-state index contributed by atoms with van der Waals surface area (Å²) in [6, 6.07) is 14.9. The Morgan fingerprint density at radius 1 is 1.20 bits per heavy atom. The Labute approximate surface area is 147 Å². The summed E-state index contributed by atoms with van der Waals surface area (Å²) in [6.07, 6.45) is 3.48. The van der Waals surface area contributed by atoms with Gasteiger partial charge in [-0.05, 0) is 43.5 Å². The zero-order chi connectivity index (χ0) is 18.4. The van der Waals surface area contributed by atoms with Gasteiger partial charge in [-0.25, -0.2) is 0 Å². The van der Waals surface area contributed by atoms with E-state index in [0.717, 1.165) is 31.9 Å². The van der Waals surface area contributed by atoms with E-state index in [0.29, 0.717) is 5.71 Å². The smallest absolute Gasteiger partial charge is 0.300 e. The predicted molar refractivity (Wildman–Crippen MR) is 105 cm³/mol. The molecule has 2 aromatic carbocycles. The Bertz CT molecular complexity index is 918. The summed E-state index contributed by atoms with van der Waals surface area (Å²) >= 11 is 0. The number of hydrogen-bond donors (Lipinski definition) is 2. The Kier molecular flexibility index (Phi) is 6.12. The summed E-state index contributed by atoms with van der Waals surface area (Å²) in [4.78, 5) is 9.00. The molecule has 0 aliphatic heterocycles. The van der Waals surface area contributed by atoms with Crippen LogP contribution in [0.3, 0.4) is 0 Å². The molecule has 25 heavy (non-hydrogen) atoms. The highest BCUT2D eigenvalue weighted by atomic mass is 16.4. The van der Waals surface area contributed by atoms with Gasteiger partial charge in [0, 0.05) is 41.0 Å². The van der Waals surface area contributed by atoms with Crippen LogP contribution in [0.5, 0.6) is 0 Å². The van der Waals surface area contributed by atoms with E-state index in [1.807, 2.05) is 6.08 Å². The molecule has 0 saturated heterocycles. The highest BCUT2D eigenvalue weighted by Gasteiger charge is 2.10. The number of aromatic nitrogens is 1. The van der Waals surface area contributed by atoms with E-state index in [9.17, 15) is 0 Å². The number of aryl methyl sites for hydroxylation is 1. The van der Waals surface area contributed by atoms with Crippen LogP contribution in [-0.4, -0.2) is 21.4 Å². The molecule has 4 heteroatoms. The molecule has 4 nitrogen and oxygen atoms in total. The van der Waals surface area contributed by atoms with Crippen molar-refractivity contribution in [2.75, 3.05) is 0 Å². The third-order valence-electron chi connectivity index (χ3n) is 4.04. The van der Waals surface area contributed by atoms with Gasteiger partial charge in [-0.1, -0.05) is 30.3 Å². The van der Waals surface area contributed by atoms with Crippen molar-refractivity contribution in [2.24, 2.45) is 0 Å². The van der Waals surface area contributed by atoms with Gasteiger partial charge < -0.3 is 15.1 Å². The first-order valence-corrected chi connectivity index (χ1v) is 8.38. The average molecular weight is 336 g/mol. The quantitative estimate of drug-likeness (QED) is 0.494. The summed E-state index contributed by atoms with van der Waals surface area (Å²) in [5.74, 6) is -0.833. The maximum absolute atomic E-state index is 9.00. The maximum Gasteiger partial charge on any atom is 0.300 e. The van der Waals surface area contributed by atoms with E-state index in [1.54, 1.807) is 0 Å². The number of carboxylic acid groups (broad SMARTS) is 1. The number of carboxylic acids is 1. The summed E-state index contributed by atoms with van der Waals surface area (Å²) in [5, 5.41) is 18.1. The topological polar surface area (TPSA) is 66.1 Å². The van der Waals surface area contributed by atoms with E-state index in [4.69, 9.17) is 15.3 Å². The van der Waals surface area contributed by atoms with Crippen molar-refractivity contribution in [3.63, 3.8) is 0 Å². The maximum atomic E-state index is 9.00. The van der Waals surface area contributed by atoms with Crippen LogP contribution in [0.25, 0.3) is 21.8 Å². The second-order valence-electron chi connectivity index (χ2n) is 5.82. The molecule has 0 unspecified atom stereocenters. The molecule has 0 atom stereocenters. The number of fused-ring (bicyclic) bond motifs is 3. The second kappa shape index (κ2) is 8.29. The fourth-order valence-corrected chi connectivity index (χ4v) is 2.97. The summed E-state index contributed by atoms with van der Waals surface area (Å²) in [7, 11) is 0. The lowest BCUT2D eigenvalue weighted by Gasteiger charge is -2.05. The number of nitrogens with zero attached hydrogens (tertiary/aromatic N) is 1. The van der Waals surface area contributed by atoms with Crippen molar-refractivity contribution in [1.29, 1.82) is 5.41 Å². The van der Waals surface area contributed by atoms with Crippen molar-refractivity contribution >= 4 is 33.5 Å². The van der Waals surface area contributed by atoms with E-state index < -0.39 is 5.97 Å². The highest BCUT2D eigenvalue weighted by Crippen LogP contribution is 2.30. The van der Waals surface area contributed by atoms with Crippen LogP contribution in [0, 0.1) is 5.41 Å². The number of allylic oxidation sites excluding steroid dienone is 1. The minimum Gasteiger partial charge on any atom is -0.481 e. The van der Waals surface area contributed by atoms with Gasteiger partial charge in [0.05, 0.1) is 0 Å². The lowest BCUT2D eigenvalue weighted by atomic mass is 10.0. The first-order chi connectivity index (χ1) is 12.0. The number of benzene rings is 2. The normalized spacial score (nSPS) is 10.3. The molecule has 0 aliphatic rings. The molecule has 130 valence electrons. The third kappa shape index (κ3) is 4.15. The summed E-state index contributed by atoms with van der Waals surface area (Å²) < 4.78 is 2.34. The third-order valence-corrected chi connectivity index (χ3v) is 4.04. The molecular formula is C21H24N2O2. The van der Waals surface area contributed by atoms with Crippen LogP contribution in [0.1, 0.15) is 32.3 Å². The minimum atomic E-state index is -0.833. The zero-order valence-corrected chi connectivity index (χ0v) is 14.7. The largest absolute Gasteiger partial charge is 0.481 e. The molecule has 0 saturated carbocycles. The van der Waals surface area contributed by atoms with Gasteiger partial charge in [0.25, 0.3) is 5.97 Å². The summed E-state index contributed by atoms with van der Waals surface area (Å²) in [6.45, 7) is 7.94. The van der Waals surface area contributed by atoms with Crippen molar-refractivity contribution in [1.82, 2.24) is 4.57 Å². The Hall–Kier alpha value is -2.88. The Morgan fingerprint density at radius 3 is 2.48 bits per heavy atom. The minimum absolute atomic E-state index is 0.685. The highest BCUT2D eigenvalue weighted by molar-refractivity contribution is 6.11. The molecule has 0 aliphatic carbocycles. The van der Waals surface area contributed by atoms with Gasteiger partial charge in [0.15, 0.2) is 0 Å². The fourth-order valence-electron chi connectivity index (χ4n) is 2.97. The number of para-hydroxylation sites is 1. The first kappa shape index (κ1) is 18.5. The first-order valence-electron chi connectivity index (χ1n) is 8.38. The fraction of sp³-hybridized carbons (Fsp3) is 0.238. The van der Waals surface area contributed by atoms with Crippen LogP contribution in [0.4, 0.5) is 0 Å².